The molecule has 0 N–H and O–H groups in total. The first kappa shape index (κ1) is 16.0. The highest BCUT2D eigenvalue weighted by molar-refractivity contribution is 9.11. The molecule has 0 bridgehead atoms. The van der Waals surface area contributed by atoms with Crippen LogP contribution in [0.3, 0.4) is 0 Å². The molecular weight excluding hydrogens is 390 g/mol. The van der Waals surface area contributed by atoms with Gasteiger partial charge < -0.3 is 14.4 Å². The predicted octanol–water partition coefficient (Wildman–Crippen LogP) is 4.65. The number of halogens is 1. The fourth-order valence-corrected chi connectivity index (χ4v) is 4.66. The van der Waals surface area contributed by atoms with Crippen LogP contribution in [0.15, 0.2) is 34.1 Å². The van der Waals surface area contributed by atoms with Gasteiger partial charge in [-0.3, -0.25) is 4.79 Å². The Hall–Kier alpha value is -1.53. The first-order chi connectivity index (χ1) is 11.7. The average molecular weight is 408 g/mol. The van der Waals surface area contributed by atoms with Crippen LogP contribution in [0.4, 0.5) is 0 Å². The lowest BCUT2D eigenvalue weighted by molar-refractivity contribution is 0.0740. The Bertz CT molecular complexity index is 760. The molecule has 0 unspecified atom stereocenters. The van der Waals surface area contributed by atoms with Crippen molar-refractivity contribution in [2.75, 3.05) is 19.8 Å². The van der Waals surface area contributed by atoms with Crippen molar-refractivity contribution < 1.29 is 14.3 Å². The number of hydrogen-bond acceptors (Lipinski definition) is 4. The summed E-state index contributed by atoms with van der Waals surface area (Å²) in [5.74, 6) is 1.71. The van der Waals surface area contributed by atoms with Gasteiger partial charge in [-0.1, -0.05) is 6.07 Å². The molecule has 4 rings (SSSR count). The minimum absolute atomic E-state index is 0.107. The second-order valence-corrected chi connectivity index (χ2v) is 8.48. The molecule has 1 aromatic carbocycles. The maximum absolute atomic E-state index is 12.8. The number of likely N-dealkylation sites (tertiary alicyclic amines) is 1. The lowest BCUT2D eigenvalue weighted by Crippen LogP contribution is -2.29. The Labute approximate surface area is 153 Å². The average Bonchev–Trinajstić information content (AvgIpc) is 3.18. The molecule has 1 atom stereocenters. The van der Waals surface area contributed by atoms with Crippen molar-refractivity contribution in [3.8, 4) is 11.5 Å². The van der Waals surface area contributed by atoms with Gasteiger partial charge in [-0.15, -0.1) is 11.3 Å². The van der Waals surface area contributed by atoms with Crippen LogP contribution in [0.2, 0.25) is 0 Å². The van der Waals surface area contributed by atoms with Crippen molar-refractivity contribution in [3.63, 3.8) is 0 Å². The quantitative estimate of drug-likeness (QED) is 0.726. The Morgan fingerprint density at radius 3 is 2.75 bits per heavy atom. The Morgan fingerprint density at radius 1 is 1.12 bits per heavy atom. The summed E-state index contributed by atoms with van der Waals surface area (Å²) in [4.78, 5) is 15.6. The van der Waals surface area contributed by atoms with E-state index < -0.39 is 0 Å². The molecule has 1 amide bonds. The molecule has 0 aliphatic carbocycles. The van der Waals surface area contributed by atoms with Crippen molar-refractivity contribution in [2.45, 2.75) is 25.3 Å². The summed E-state index contributed by atoms with van der Waals surface area (Å²) in [7, 11) is 0. The second-order valence-electron chi connectivity index (χ2n) is 6.02. The van der Waals surface area contributed by atoms with Crippen LogP contribution in [0, 0.1) is 0 Å². The first-order valence-electron chi connectivity index (χ1n) is 8.18. The third-order valence-electron chi connectivity index (χ3n) is 4.45. The van der Waals surface area contributed by atoms with Crippen LogP contribution < -0.4 is 9.47 Å². The number of ether oxygens (including phenoxy) is 2. The highest BCUT2D eigenvalue weighted by Gasteiger charge is 2.32. The molecular formula is C18H18BrNO3S. The lowest BCUT2D eigenvalue weighted by Gasteiger charge is -2.25. The molecule has 0 spiro atoms. The molecule has 3 heterocycles. The van der Waals surface area contributed by atoms with E-state index in [4.69, 9.17) is 9.47 Å². The molecule has 1 fully saturated rings. The minimum atomic E-state index is 0.107. The van der Waals surface area contributed by atoms with Gasteiger partial charge in [0.25, 0.3) is 5.91 Å². The van der Waals surface area contributed by atoms with Gasteiger partial charge in [-0.05, 0) is 58.6 Å². The molecule has 2 aliphatic heterocycles. The predicted molar refractivity (Wildman–Crippen MR) is 97.1 cm³/mol. The van der Waals surface area contributed by atoms with Crippen LogP contribution in [-0.2, 0) is 0 Å². The molecule has 24 heavy (non-hydrogen) atoms. The number of rotatable bonds is 2. The lowest BCUT2D eigenvalue weighted by atomic mass is 10.0. The van der Waals surface area contributed by atoms with Gasteiger partial charge in [0.1, 0.15) is 0 Å². The summed E-state index contributed by atoms with van der Waals surface area (Å²) < 4.78 is 12.5. The van der Waals surface area contributed by atoms with E-state index >= 15 is 0 Å². The van der Waals surface area contributed by atoms with E-state index in [0.29, 0.717) is 13.2 Å². The summed E-state index contributed by atoms with van der Waals surface area (Å²) in [6, 6.07) is 10.0. The normalized spacial score (nSPS) is 20.0. The number of nitrogens with zero attached hydrogens (tertiary/aromatic N) is 1. The Morgan fingerprint density at radius 2 is 1.96 bits per heavy atom. The summed E-state index contributed by atoms with van der Waals surface area (Å²) in [6.45, 7) is 2.16. The van der Waals surface area contributed by atoms with Gasteiger partial charge in [0.05, 0.1) is 27.9 Å². The van der Waals surface area contributed by atoms with E-state index in [9.17, 15) is 4.79 Å². The number of benzene rings is 1. The van der Waals surface area contributed by atoms with Crippen molar-refractivity contribution in [3.05, 3.63) is 44.6 Å². The van der Waals surface area contributed by atoms with E-state index in [1.807, 2.05) is 29.2 Å². The van der Waals surface area contributed by atoms with Gasteiger partial charge in [-0.25, -0.2) is 0 Å². The van der Waals surface area contributed by atoms with Gasteiger partial charge in [0, 0.05) is 13.0 Å². The molecule has 0 saturated carbocycles. The van der Waals surface area contributed by atoms with Gasteiger partial charge in [0.15, 0.2) is 11.5 Å². The third kappa shape index (κ3) is 3.05. The minimum Gasteiger partial charge on any atom is -0.490 e. The van der Waals surface area contributed by atoms with Crippen LogP contribution in [0.25, 0.3) is 0 Å². The maximum atomic E-state index is 12.8. The first-order valence-corrected chi connectivity index (χ1v) is 9.79. The molecule has 1 saturated heterocycles. The van der Waals surface area contributed by atoms with Crippen molar-refractivity contribution in [1.29, 1.82) is 0 Å². The highest BCUT2D eigenvalue weighted by Crippen LogP contribution is 2.39. The van der Waals surface area contributed by atoms with E-state index in [1.54, 1.807) is 0 Å². The Balaban J connectivity index is 1.61. The van der Waals surface area contributed by atoms with Gasteiger partial charge >= 0.3 is 0 Å². The number of carbonyl (C=O) groups is 1. The topological polar surface area (TPSA) is 38.8 Å². The number of thiophene rings is 1. The number of carbonyl (C=O) groups excluding carboxylic acids is 1. The van der Waals surface area contributed by atoms with Crippen molar-refractivity contribution in [2.24, 2.45) is 0 Å². The van der Waals surface area contributed by atoms with Gasteiger partial charge in [-0.2, -0.15) is 0 Å². The third-order valence-corrected chi connectivity index (χ3v) is 6.07. The summed E-state index contributed by atoms with van der Waals surface area (Å²) in [5.41, 5.74) is 1.13. The standard InChI is InChI=1S/C18H18BrNO3S/c19-17-7-6-16(24-17)18(21)20-8-1-3-13(20)12-4-5-14-15(11-12)23-10-2-9-22-14/h4-7,11,13H,1-3,8-10H2/t13-/m1/s1. The number of fused-ring (bicyclic) bond motifs is 1. The summed E-state index contributed by atoms with van der Waals surface area (Å²) in [5, 5.41) is 0. The largest absolute Gasteiger partial charge is 0.490 e. The molecule has 2 aliphatic rings. The molecule has 2 aromatic rings. The monoisotopic (exact) mass is 407 g/mol. The molecule has 4 nitrogen and oxygen atoms in total. The van der Waals surface area contributed by atoms with Gasteiger partial charge in [0.2, 0.25) is 0 Å². The fraction of sp³-hybridized carbons (Fsp3) is 0.389. The van der Waals surface area contributed by atoms with Crippen molar-refractivity contribution in [1.82, 2.24) is 4.90 Å². The number of hydrogen-bond donors (Lipinski definition) is 0. The zero-order valence-corrected chi connectivity index (χ0v) is 15.6. The summed E-state index contributed by atoms with van der Waals surface area (Å²) in [6.07, 6.45) is 2.90. The Kier molecular flexibility index (Phi) is 4.50. The smallest absolute Gasteiger partial charge is 0.264 e. The zero-order valence-electron chi connectivity index (χ0n) is 13.2. The summed E-state index contributed by atoms with van der Waals surface area (Å²) >= 11 is 4.92. The molecule has 126 valence electrons. The molecule has 0 radical (unpaired) electrons. The highest BCUT2D eigenvalue weighted by atomic mass is 79.9. The van der Waals surface area contributed by atoms with Crippen LogP contribution in [0.5, 0.6) is 11.5 Å². The van der Waals surface area contributed by atoms with Crippen molar-refractivity contribution >= 4 is 33.2 Å². The van der Waals surface area contributed by atoms with E-state index in [2.05, 4.69) is 22.0 Å². The number of amides is 1. The molecule has 6 heteroatoms. The van der Waals surface area contributed by atoms with Crippen LogP contribution in [-0.4, -0.2) is 30.6 Å². The van der Waals surface area contributed by atoms with E-state index in [0.717, 1.165) is 51.5 Å². The van der Waals surface area contributed by atoms with Crippen LogP contribution in [0.1, 0.15) is 40.5 Å². The molecule has 1 aromatic heterocycles. The fourth-order valence-electron chi connectivity index (χ4n) is 3.31. The van der Waals surface area contributed by atoms with E-state index in [1.165, 1.54) is 11.3 Å². The van der Waals surface area contributed by atoms with Crippen LogP contribution >= 0.6 is 27.3 Å². The zero-order chi connectivity index (χ0) is 16.5. The second kappa shape index (κ2) is 6.76. The SMILES string of the molecule is O=C(c1ccc(Br)s1)N1CCC[C@@H]1c1ccc2c(c1)OCCCO2. The van der Waals surface area contributed by atoms with E-state index in [-0.39, 0.29) is 11.9 Å². The maximum Gasteiger partial charge on any atom is 0.264 e.